The maximum absolute atomic E-state index is 11.8. The second-order valence-corrected chi connectivity index (χ2v) is 4.28. The minimum absolute atomic E-state index is 0.161. The Morgan fingerprint density at radius 2 is 2.06 bits per heavy atom. The van der Waals surface area contributed by atoms with Gasteiger partial charge in [0.05, 0.1) is 5.69 Å². The molecule has 0 saturated carbocycles. The topological polar surface area (TPSA) is 79.5 Å². The molecular weight excluding hydrogens is 236 g/mol. The number of ketones is 1. The number of H-pyrrole nitrogens is 1. The number of rotatable bonds is 3. The second-order valence-electron chi connectivity index (χ2n) is 4.28. The van der Waals surface area contributed by atoms with Gasteiger partial charge in [0, 0.05) is 26.9 Å². The number of aromatic amines is 1. The van der Waals surface area contributed by atoms with Crippen LogP contribution in [0.1, 0.15) is 34.3 Å². The first-order valence-electron chi connectivity index (χ1n) is 5.65. The Balaban J connectivity index is 2.03. The summed E-state index contributed by atoms with van der Waals surface area (Å²) in [6, 6.07) is 2.99. The second kappa shape index (κ2) is 4.64. The van der Waals surface area contributed by atoms with Gasteiger partial charge in [-0.05, 0) is 12.1 Å². The van der Waals surface area contributed by atoms with Crippen LogP contribution in [0.5, 0.6) is 0 Å². The Morgan fingerprint density at radius 3 is 2.56 bits per heavy atom. The Labute approximate surface area is 104 Å². The summed E-state index contributed by atoms with van der Waals surface area (Å²) in [5.74, 6) is -0.969. The molecule has 1 fully saturated rings. The van der Waals surface area contributed by atoms with E-state index in [1.54, 1.807) is 7.05 Å². The van der Waals surface area contributed by atoms with Gasteiger partial charge in [-0.3, -0.25) is 9.59 Å². The van der Waals surface area contributed by atoms with Crippen LogP contribution in [0, 0.1) is 0 Å². The maximum atomic E-state index is 11.8. The van der Waals surface area contributed by atoms with E-state index in [0.29, 0.717) is 18.7 Å². The molecule has 1 amide bonds. The van der Waals surface area contributed by atoms with Crippen LogP contribution in [0.25, 0.3) is 0 Å². The molecule has 0 aliphatic carbocycles. The molecule has 6 nitrogen and oxygen atoms in total. The third-order valence-electron chi connectivity index (χ3n) is 2.91. The molecule has 1 aromatic heterocycles. The van der Waals surface area contributed by atoms with Crippen LogP contribution in [0.4, 0.5) is 0 Å². The number of esters is 1. The van der Waals surface area contributed by atoms with E-state index >= 15 is 0 Å². The summed E-state index contributed by atoms with van der Waals surface area (Å²) in [6.45, 7) is 1.98. The Hall–Kier alpha value is -2.11. The summed E-state index contributed by atoms with van der Waals surface area (Å²) >= 11 is 0. The van der Waals surface area contributed by atoms with Crippen molar-refractivity contribution in [2.75, 3.05) is 13.6 Å². The number of likely N-dealkylation sites (tertiary alicyclic amines) is 1. The molecule has 6 heteroatoms. The van der Waals surface area contributed by atoms with Crippen molar-refractivity contribution >= 4 is 17.7 Å². The van der Waals surface area contributed by atoms with Crippen LogP contribution in [0.3, 0.4) is 0 Å². The molecule has 1 saturated heterocycles. The van der Waals surface area contributed by atoms with Crippen molar-refractivity contribution in [3.63, 3.8) is 0 Å². The van der Waals surface area contributed by atoms with Gasteiger partial charge >= 0.3 is 5.97 Å². The van der Waals surface area contributed by atoms with Gasteiger partial charge in [-0.15, -0.1) is 0 Å². The zero-order valence-corrected chi connectivity index (χ0v) is 10.2. The Morgan fingerprint density at radius 1 is 1.39 bits per heavy atom. The molecule has 2 rings (SSSR count). The molecule has 1 atom stereocenters. The lowest BCUT2D eigenvalue weighted by atomic mass is 10.3. The molecule has 96 valence electrons. The minimum Gasteiger partial charge on any atom is -0.448 e. The van der Waals surface area contributed by atoms with Crippen LogP contribution < -0.4 is 0 Å². The van der Waals surface area contributed by atoms with Crippen LogP contribution in [0.15, 0.2) is 12.1 Å². The number of hydrogen-bond donors (Lipinski definition) is 1. The molecule has 0 radical (unpaired) electrons. The van der Waals surface area contributed by atoms with Crippen molar-refractivity contribution in [2.24, 2.45) is 0 Å². The average Bonchev–Trinajstić information content (AvgIpc) is 2.91. The van der Waals surface area contributed by atoms with Crippen LogP contribution in [-0.4, -0.2) is 47.2 Å². The van der Waals surface area contributed by atoms with Crippen LogP contribution in [0.2, 0.25) is 0 Å². The van der Waals surface area contributed by atoms with Crippen LogP contribution in [-0.2, 0) is 9.53 Å². The molecule has 18 heavy (non-hydrogen) atoms. The summed E-state index contributed by atoms with van der Waals surface area (Å²) < 4.78 is 5.10. The fourth-order valence-electron chi connectivity index (χ4n) is 1.81. The van der Waals surface area contributed by atoms with E-state index in [1.165, 1.54) is 24.0 Å². The van der Waals surface area contributed by atoms with Crippen molar-refractivity contribution in [2.45, 2.75) is 19.4 Å². The van der Waals surface area contributed by atoms with Gasteiger partial charge in [-0.1, -0.05) is 0 Å². The number of likely N-dealkylation sites (N-methyl/N-ethyl adjacent to an activating group) is 1. The number of ether oxygens (including phenoxy) is 1. The quantitative estimate of drug-likeness (QED) is 0.629. The number of Topliss-reactive ketones (excluding diaryl/α,β-unsaturated/α-hetero) is 1. The first-order valence-corrected chi connectivity index (χ1v) is 5.65. The van der Waals surface area contributed by atoms with Crippen molar-refractivity contribution in [1.82, 2.24) is 9.88 Å². The van der Waals surface area contributed by atoms with Crippen molar-refractivity contribution < 1.29 is 19.1 Å². The first kappa shape index (κ1) is 12.3. The summed E-state index contributed by atoms with van der Waals surface area (Å²) in [5, 5.41) is 0. The highest BCUT2D eigenvalue weighted by molar-refractivity contribution is 5.96. The first-order chi connectivity index (χ1) is 8.49. The van der Waals surface area contributed by atoms with Gasteiger partial charge in [0.15, 0.2) is 11.9 Å². The summed E-state index contributed by atoms with van der Waals surface area (Å²) in [4.78, 5) is 38.6. The monoisotopic (exact) mass is 250 g/mol. The zero-order chi connectivity index (χ0) is 13.3. The predicted molar refractivity (Wildman–Crippen MR) is 62.3 cm³/mol. The molecular formula is C12H14N2O4. The highest BCUT2D eigenvalue weighted by Crippen LogP contribution is 2.14. The van der Waals surface area contributed by atoms with E-state index in [-0.39, 0.29) is 17.4 Å². The third kappa shape index (κ3) is 2.27. The number of nitrogens with zero attached hydrogens (tertiary/aromatic N) is 1. The predicted octanol–water partition coefficient (Wildman–Crippen LogP) is 0.605. The molecule has 0 bridgehead atoms. The van der Waals surface area contributed by atoms with E-state index in [9.17, 15) is 14.4 Å². The number of carbonyl (C=O) groups is 3. The fourth-order valence-corrected chi connectivity index (χ4v) is 1.81. The average molecular weight is 250 g/mol. The normalized spacial score (nSPS) is 19.1. The van der Waals surface area contributed by atoms with Crippen molar-refractivity contribution in [3.05, 3.63) is 23.5 Å². The summed E-state index contributed by atoms with van der Waals surface area (Å²) in [7, 11) is 1.67. The standard InChI is InChI=1S/C12H14N2O4/c1-7(15)8-3-4-9(13-8)12(17)18-10-5-6-14(2)11(10)16/h3-4,10,13H,5-6H2,1-2H3. The third-order valence-corrected chi connectivity index (χ3v) is 2.91. The molecule has 2 heterocycles. The van der Waals surface area contributed by atoms with Gasteiger partial charge in [0.25, 0.3) is 5.91 Å². The number of hydrogen-bond acceptors (Lipinski definition) is 4. The highest BCUT2D eigenvalue weighted by Gasteiger charge is 2.32. The number of amides is 1. The highest BCUT2D eigenvalue weighted by atomic mass is 16.5. The summed E-state index contributed by atoms with van der Waals surface area (Å²) in [6.07, 6.45) is -0.215. The number of aromatic nitrogens is 1. The lowest BCUT2D eigenvalue weighted by molar-refractivity contribution is -0.133. The van der Waals surface area contributed by atoms with E-state index in [4.69, 9.17) is 4.74 Å². The van der Waals surface area contributed by atoms with Crippen molar-refractivity contribution in [1.29, 1.82) is 0 Å². The molecule has 1 N–H and O–H groups in total. The van der Waals surface area contributed by atoms with E-state index < -0.39 is 12.1 Å². The van der Waals surface area contributed by atoms with Gasteiger partial charge in [0.2, 0.25) is 0 Å². The smallest absolute Gasteiger partial charge is 0.355 e. The van der Waals surface area contributed by atoms with Gasteiger partial charge in [-0.25, -0.2) is 4.79 Å². The molecule has 0 aromatic carbocycles. The fraction of sp³-hybridized carbons (Fsp3) is 0.417. The summed E-state index contributed by atoms with van der Waals surface area (Å²) in [5.41, 5.74) is 0.527. The largest absolute Gasteiger partial charge is 0.448 e. The molecule has 1 aliphatic rings. The minimum atomic E-state index is -0.716. The van der Waals surface area contributed by atoms with Gasteiger partial charge in [0.1, 0.15) is 5.69 Å². The number of carbonyl (C=O) groups excluding carboxylic acids is 3. The van der Waals surface area contributed by atoms with E-state index in [0.717, 1.165) is 0 Å². The molecule has 1 aromatic rings. The van der Waals surface area contributed by atoms with Gasteiger partial charge in [-0.2, -0.15) is 0 Å². The molecule has 1 aliphatic heterocycles. The van der Waals surface area contributed by atoms with Crippen molar-refractivity contribution in [3.8, 4) is 0 Å². The Bertz CT molecular complexity index is 506. The zero-order valence-electron chi connectivity index (χ0n) is 10.2. The lowest BCUT2D eigenvalue weighted by Crippen LogP contribution is -2.29. The van der Waals surface area contributed by atoms with E-state index in [2.05, 4.69) is 4.98 Å². The molecule has 0 spiro atoms. The van der Waals surface area contributed by atoms with Gasteiger partial charge < -0.3 is 14.6 Å². The number of nitrogens with one attached hydrogen (secondary N) is 1. The Kier molecular flexibility index (Phi) is 3.18. The SMILES string of the molecule is CC(=O)c1ccc(C(=O)OC2CCN(C)C2=O)[nH]1. The van der Waals surface area contributed by atoms with E-state index in [1.807, 2.05) is 0 Å². The van der Waals surface area contributed by atoms with Crippen LogP contribution >= 0.6 is 0 Å². The lowest BCUT2D eigenvalue weighted by Gasteiger charge is -2.10. The maximum Gasteiger partial charge on any atom is 0.355 e. The molecule has 1 unspecified atom stereocenters.